The summed E-state index contributed by atoms with van der Waals surface area (Å²) in [6, 6.07) is 8.56. The van der Waals surface area contributed by atoms with Gasteiger partial charge in [-0.1, -0.05) is 44.7 Å². The summed E-state index contributed by atoms with van der Waals surface area (Å²) in [4.78, 5) is 36.6. The number of benzene rings is 1. The van der Waals surface area contributed by atoms with Gasteiger partial charge in [-0.05, 0) is 74.6 Å². The van der Waals surface area contributed by atoms with Crippen molar-refractivity contribution >= 4 is 23.2 Å². The number of ether oxygens (including phenoxy) is 1. The molecule has 0 unspecified atom stereocenters. The van der Waals surface area contributed by atoms with E-state index >= 15 is 0 Å². The van der Waals surface area contributed by atoms with Crippen LogP contribution in [0.2, 0.25) is 0 Å². The standard InChI is InChI=1S/C33H44N6O3/c1-5-27(40)18-23-9-11-26(12-10-23)30(41)19-24-7-6-8-25(17-24)20-34-32-37-33(42-28-13-15-38(4)16-14-28)36-31-29(22(2)3)21-35-39(31)32/h5-8,17,21-23,26,28H,1,9-16,18-20H2,2-4H3,(H,34,36,37). The molecule has 0 radical (unpaired) electrons. The lowest BCUT2D eigenvalue weighted by Crippen LogP contribution is -2.36. The Hall–Kier alpha value is -3.59. The molecule has 0 amide bonds. The van der Waals surface area contributed by atoms with E-state index in [1.165, 1.54) is 6.08 Å². The molecule has 2 aromatic heterocycles. The van der Waals surface area contributed by atoms with Gasteiger partial charge in [0.05, 0.1) is 6.20 Å². The number of Topliss-reactive ketones (excluding diaryl/α,β-unsaturated/α-hetero) is 1. The molecule has 0 atom stereocenters. The lowest BCUT2D eigenvalue weighted by Gasteiger charge is -2.28. The molecular weight excluding hydrogens is 528 g/mol. The van der Waals surface area contributed by atoms with E-state index in [0.717, 1.165) is 74.0 Å². The maximum Gasteiger partial charge on any atom is 0.322 e. The highest BCUT2D eigenvalue weighted by molar-refractivity contribution is 5.89. The molecule has 42 heavy (non-hydrogen) atoms. The van der Waals surface area contributed by atoms with Crippen LogP contribution in [-0.4, -0.2) is 62.3 Å². The third kappa shape index (κ3) is 7.43. The fourth-order valence-corrected chi connectivity index (χ4v) is 6.13. The Kier molecular flexibility index (Phi) is 9.67. The van der Waals surface area contributed by atoms with Crippen molar-refractivity contribution in [1.29, 1.82) is 0 Å². The minimum absolute atomic E-state index is 0.0779. The molecule has 224 valence electrons. The highest BCUT2D eigenvalue weighted by Gasteiger charge is 2.27. The van der Waals surface area contributed by atoms with Crippen LogP contribution in [0.15, 0.2) is 43.1 Å². The number of nitrogens with zero attached hydrogens (tertiary/aromatic N) is 5. The van der Waals surface area contributed by atoms with Crippen molar-refractivity contribution in [2.75, 3.05) is 25.5 Å². The Morgan fingerprint density at radius 1 is 1.10 bits per heavy atom. The number of hydrogen-bond donors (Lipinski definition) is 1. The summed E-state index contributed by atoms with van der Waals surface area (Å²) >= 11 is 0. The van der Waals surface area contributed by atoms with E-state index in [2.05, 4.69) is 54.9 Å². The van der Waals surface area contributed by atoms with Crippen LogP contribution in [0.25, 0.3) is 5.65 Å². The summed E-state index contributed by atoms with van der Waals surface area (Å²) in [6.45, 7) is 10.4. The summed E-state index contributed by atoms with van der Waals surface area (Å²) in [5.41, 5.74) is 3.89. The van der Waals surface area contributed by atoms with Gasteiger partial charge in [-0.15, -0.1) is 0 Å². The van der Waals surface area contributed by atoms with Crippen molar-refractivity contribution in [3.05, 3.63) is 59.8 Å². The number of ketones is 2. The van der Waals surface area contributed by atoms with Crippen LogP contribution in [0, 0.1) is 11.8 Å². The van der Waals surface area contributed by atoms with Crippen molar-refractivity contribution in [2.24, 2.45) is 11.8 Å². The largest absolute Gasteiger partial charge is 0.460 e. The number of piperidine rings is 1. The predicted molar refractivity (Wildman–Crippen MR) is 164 cm³/mol. The van der Waals surface area contributed by atoms with Gasteiger partial charge in [-0.2, -0.15) is 19.6 Å². The third-order valence-electron chi connectivity index (χ3n) is 8.77. The Labute approximate surface area is 248 Å². The van der Waals surface area contributed by atoms with Crippen LogP contribution in [0.1, 0.15) is 81.4 Å². The minimum Gasteiger partial charge on any atom is -0.460 e. The highest BCUT2D eigenvalue weighted by Crippen LogP contribution is 2.32. The number of allylic oxidation sites excluding steroid dienone is 1. The van der Waals surface area contributed by atoms with Crippen molar-refractivity contribution in [1.82, 2.24) is 24.5 Å². The third-order valence-corrected chi connectivity index (χ3v) is 8.77. The van der Waals surface area contributed by atoms with Gasteiger partial charge in [0.1, 0.15) is 11.9 Å². The second-order valence-electron chi connectivity index (χ2n) is 12.3. The zero-order valence-corrected chi connectivity index (χ0v) is 25.2. The molecule has 3 heterocycles. The SMILES string of the molecule is C=CC(=O)CC1CCC(C(=O)Cc2cccc(CNc3nc(OC4CCN(C)CC4)nc4c(C(C)C)cnn34)c2)CC1. The lowest BCUT2D eigenvalue weighted by atomic mass is 9.77. The Morgan fingerprint density at radius 3 is 2.55 bits per heavy atom. The van der Waals surface area contributed by atoms with Gasteiger partial charge in [0.25, 0.3) is 0 Å². The Balaban J connectivity index is 1.24. The van der Waals surface area contributed by atoms with Crippen molar-refractivity contribution in [3.63, 3.8) is 0 Å². The normalized spacial score (nSPS) is 20.1. The lowest BCUT2D eigenvalue weighted by molar-refractivity contribution is -0.123. The number of aromatic nitrogens is 4. The Morgan fingerprint density at radius 2 is 1.83 bits per heavy atom. The second-order valence-corrected chi connectivity index (χ2v) is 12.3. The fourth-order valence-electron chi connectivity index (χ4n) is 6.13. The maximum absolute atomic E-state index is 13.1. The first-order valence-electron chi connectivity index (χ1n) is 15.4. The summed E-state index contributed by atoms with van der Waals surface area (Å²) in [6.07, 6.45) is 9.85. The van der Waals surface area contributed by atoms with Crippen molar-refractivity contribution < 1.29 is 14.3 Å². The van der Waals surface area contributed by atoms with Crippen LogP contribution >= 0.6 is 0 Å². The maximum atomic E-state index is 13.1. The first kappa shape index (κ1) is 29.9. The topological polar surface area (TPSA) is 102 Å². The summed E-state index contributed by atoms with van der Waals surface area (Å²) < 4.78 is 8.02. The quantitative estimate of drug-likeness (QED) is 0.288. The number of hydrogen-bond acceptors (Lipinski definition) is 8. The molecule has 0 bridgehead atoms. The monoisotopic (exact) mass is 572 g/mol. The van der Waals surface area contributed by atoms with E-state index in [1.54, 1.807) is 4.52 Å². The van der Waals surface area contributed by atoms with E-state index in [-0.39, 0.29) is 23.7 Å². The average Bonchev–Trinajstić information content (AvgIpc) is 3.42. The van der Waals surface area contributed by atoms with E-state index in [9.17, 15) is 9.59 Å². The molecule has 1 N–H and O–H groups in total. The molecule has 1 aliphatic heterocycles. The molecule has 3 aromatic rings. The van der Waals surface area contributed by atoms with Gasteiger partial charge in [-0.3, -0.25) is 9.59 Å². The summed E-state index contributed by atoms with van der Waals surface area (Å²) in [5, 5.41) is 8.03. The minimum atomic E-state index is 0.0779. The van der Waals surface area contributed by atoms with E-state index in [1.807, 2.05) is 18.3 Å². The molecule has 2 fully saturated rings. The average molecular weight is 573 g/mol. The number of likely N-dealkylation sites (tertiary alicyclic amines) is 1. The first-order valence-corrected chi connectivity index (χ1v) is 15.4. The summed E-state index contributed by atoms with van der Waals surface area (Å²) in [7, 11) is 2.13. The predicted octanol–water partition coefficient (Wildman–Crippen LogP) is 5.40. The second kappa shape index (κ2) is 13.6. The van der Waals surface area contributed by atoms with Crippen LogP contribution in [0.3, 0.4) is 0 Å². The van der Waals surface area contributed by atoms with Crippen LogP contribution in [0.5, 0.6) is 6.01 Å². The van der Waals surface area contributed by atoms with E-state index in [4.69, 9.17) is 14.7 Å². The van der Waals surface area contributed by atoms with Gasteiger partial charge in [-0.25, -0.2) is 0 Å². The first-order chi connectivity index (χ1) is 20.3. The number of rotatable bonds is 12. The highest BCUT2D eigenvalue weighted by atomic mass is 16.5. The van der Waals surface area contributed by atoms with Gasteiger partial charge in [0.2, 0.25) is 5.95 Å². The summed E-state index contributed by atoms with van der Waals surface area (Å²) in [5.74, 6) is 1.70. The van der Waals surface area contributed by atoms with Crippen LogP contribution in [0.4, 0.5) is 5.95 Å². The van der Waals surface area contributed by atoms with Gasteiger partial charge < -0.3 is 15.0 Å². The molecule has 1 saturated heterocycles. The Bertz CT molecular complexity index is 1400. The molecule has 5 rings (SSSR count). The molecule has 0 spiro atoms. The number of anilines is 1. The van der Waals surface area contributed by atoms with Gasteiger partial charge in [0.15, 0.2) is 11.4 Å². The molecule has 1 saturated carbocycles. The van der Waals surface area contributed by atoms with E-state index in [0.29, 0.717) is 43.0 Å². The zero-order chi connectivity index (χ0) is 29.6. The van der Waals surface area contributed by atoms with Crippen molar-refractivity contribution in [3.8, 4) is 6.01 Å². The molecule has 9 heteroatoms. The zero-order valence-electron chi connectivity index (χ0n) is 25.2. The van der Waals surface area contributed by atoms with E-state index < -0.39 is 0 Å². The molecule has 2 aliphatic rings. The molecule has 9 nitrogen and oxygen atoms in total. The number of carbonyl (C=O) groups excluding carboxylic acids is 2. The van der Waals surface area contributed by atoms with Gasteiger partial charge in [0, 0.05) is 44.0 Å². The fraction of sp³-hybridized carbons (Fsp3) is 0.545. The number of carbonyl (C=O) groups is 2. The van der Waals surface area contributed by atoms with Gasteiger partial charge >= 0.3 is 6.01 Å². The van der Waals surface area contributed by atoms with Crippen LogP contribution < -0.4 is 10.1 Å². The number of fused-ring (bicyclic) bond motifs is 1. The van der Waals surface area contributed by atoms with Crippen molar-refractivity contribution in [2.45, 2.75) is 83.8 Å². The smallest absolute Gasteiger partial charge is 0.322 e. The number of nitrogens with one attached hydrogen (secondary N) is 1. The van der Waals surface area contributed by atoms with Crippen LogP contribution in [-0.2, 0) is 22.6 Å². The molecular formula is C33H44N6O3. The molecule has 1 aromatic carbocycles. The molecule has 1 aliphatic carbocycles.